The first kappa shape index (κ1) is 10.5. The van der Waals surface area contributed by atoms with Gasteiger partial charge in [-0.05, 0) is 17.7 Å². The van der Waals surface area contributed by atoms with Crippen LogP contribution in [-0.4, -0.2) is 23.3 Å². The molecule has 76 valence electrons. The zero-order valence-electron chi connectivity index (χ0n) is 7.86. The van der Waals surface area contributed by atoms with Gasteiger partial charge in [0.05, 0.1) is 13.0 Å². The zero-order valence-corrected chi connectivity index (χ0v) is 7.86. The molecule has 1 aromatic carbocycles. The molecule has 4 nitrogen and oxygen atoms in total. The normalized spacial score (nSPS) is 10.1. The van der Waals surface area contributed by atoms with Gasteiger partial charge in [-0.1, -0.05) is 6.07 Å². The molecule has 2 N–H and O–H groups in total. The lowest BCUT2D eigenvalue weighted by molar-refractivity contribution is -0.136. The molecule has 0 spiro atoms. The number of aromatic hydroxyl groups is 1. The molecule has 0 bridgehead atoms. The maximum Gasteiger partial charge on any atom is 0.307 e. The molecule has 0 heterocycles. The molecule has 0 amide bonds. The van der Waals surface area contributed by atoms with Crippen molar-refractivity contribution >= 4 is 5.97 Å². The van der Waals surface area contributed by atoms with Crippen molar-refractivity contribution in [2.75, 3.05) is 7.11 Å². The number of ether oxygens (including phenoxy) is 1. The molecule has 0 aromatic heterocycles. The van der Waals surface area contributed by atoms with Gasteiger partial charge in [-0.15, -0.1) is 0 Å². The van der Waals surface area contributed by atoms with Crippen LogP contribution in [0.25, 0.3) is 0 Å². The van der Waals surface area contributed by atoms with Crippen molar-refractivity contribution < 1.29 is 19.7 Å². The number of methoxy groups -OCH3 is 1. The number of rotatable bonds is 4. The molecule has 0 fully saturated rings. The Morgan fingerprint density at radius 2 is 2.21 bits per heavy atom. The molecule has 0 radical (unpaired) electrons. The van der Waals surface area contributed by atoms with Crippen LogP contribution in [0.1, 0.15) is 11.1 Å². The molecule has 0 atom stereocenters. The number of hydrogen-bond acceptors (Lipinski definition) is 3. The molecule has 1 aromatic rings. The SMILES string of the molecule is COCc1ccc(O)c(CC(=O)O)c1. The van der Waals surface area contributed by atoms with Crippen molar-refractivity contribution in [1.29, 1.82) is 0 Å². The minimum absolute atomic E-state index is 0.00672. The number of phenolic OH excluding ortho intramolecular Hbond substituents is 1. The molecular weight excluding hydrogens is 184 g/mol. The molecule has 0 saturated carbocycles. The molecule has 0 aliphatic rings. The molecular formula is C10H12O4. The maximum absolute atomic E-state index is 10.4. The highest BCUT2D eigenvalue weighted by atomic mass is 16.5. The first-order valence-corrected chi connectivity index (χ1v) is 4.15. The Bertz CT molecular complexity index is 333. The third kappa shape index (κ3) is 2.74. The number of benzene rings is 1. The Balaban J connectivity index is 2.90. The Kier molecular flexibility index (Phi) is 3.48. The minimum Gasteiger partial charge on any atom is -0.508 e. The lowest BCUT2D eigenvalue weighted by Gasteiger charge is -2.05. The second-order valence-electron chi connectivity index (χ2n) is 2.97. The number of phenols is 1. The molecule has 0 saturated heterocycles. The summed E-state index contributed by atoms with van der Waals surface area (Å²) in [4.78, 5) is 10.4. The summed E-state index contributed by atoms with van der Waals surface area (Å²) in [5.41, 5.74) is 1.26. The van der Waals surface area contributed by atoms with Gasteiger partial charge in [-0.2, -0.15) is 0 Å². The monoisotopic (exact) mass is 196 g/mol. The highest BCUT2D eigenvalue weighted by Crippen LogP contribution is 2.19. The fourth-order valence-electron chi connectivity index (χ4n) is 1.20. The van der Waals surface area contributed by atoms with E-state index >= 15 is 0 Å². The van der Waals surface area contributed by atoms with Gasteiger partial charge >= 0.3 is 5.97 Å². The number of hydrogen-bond donors (Lipinski definition) is 2. The van der Waals surface area contributed by atoms with E-state index in [0.29, 0.717) is 12.2 Å². The summed E-state index contributed by atoms with van der Waals surface area (Å²) in [6.45, 7) is 0.410. The lowest BCUT2D eigenvalue weighted by atomic mass is 10.1. The van der Waals surface area contributed by atoms with Gasteiger partial charge in [-0.25, -0.2) is 0 Å². The molecule has 1 rings (SSSR count). The lowest BCUT2D eigenvalue weighted by Crippen LogP contribution is -2.01. The smallest absolute Gasteiger partial charge is 0.307 e. The Labute approximate surface area is 81.8 Å². The van der Waals surface area contributed by atoms with Crippen LogP contribution in [0.4, 0.5) is 0 Å². The summed E-state index contributed by atoms with van der Waals surface area (Å²) < 4.78 is 4.90. The molecule has 14 heavy (non-hydrogen) atoms. The van der Waals surface area contributed by atoms with Gasteiger partial charge < -0.3 is 14.9 Å². The molecule has 0 aliphatic carbocycles. The minimum atomic E-state index is -0.963. The predicted molar refractivity (Wildman–Crippen MR) is 50.2 cm³/mol. The Hall–Kier alpha value is -1.55. The number of carbonyl (C=O) groups is 1. The quantitative estimate of drug-likeness (QED) is 0.758. The van der Waals surface area contributed by atoms with Crippen LogP contribution in [0.2, 0.25) is 0 Å². The summed E-state index contributed by atoms with van der Waals surface area (Å²) in [7, 11) is 1.56. The van der Waals surface area contributed by atoms with Crippen LogP contribution in [-0.2, 0) is 22.6 Å². The number of carboxylic acid groups (broad SMARTS) is 1. The second-order valence-corrected chi connectivity index (χ2v) is 2.97. The first-order chi connectivity index (χ1) is 6.63. The highest BCUT2D eigenvalue weighted by Gasteiger charge is 2.06. The fraction of sp³-hybridized carbons (Fsp3) is 0.300. The van der Waals surface area contributed by atoms with Crippen LogP contribution in [0.15, 0.2) is 18.2 Å². The van der Waals surface area contributed by atoms with Gasteiger partial charge in [0.15, 0.2) is 0 Å². The van der Waals surface area contributed by atoms with Crippen molar-refractivity contribution in [1.82, 2.24) is 0 Å². The summed E-state index contributed by atoms with van der Waals surface area (Å²) in [5.74, 6) is -0.956. The van der Waals surface area contributed by atoms with E-state index in [2.05, 4.69) is 0 Å². The standard InChI is InChI=1S/C10H12O4/c1-14-6-7-2-3-9(11)8(4-7)5-10(12)13/h2-4,11H,5-6H2,1H3,(H,12,13). The maximum atomic E-state index is 10.4. The molecule has 0 aliphatic heterocycles. The topological polar surface area (TPSA) is 66.8 Å². The summed E-state index contributed by atoms with van der Waals surface area (Å²) in [5, 5.41) is 17.9. The van der Waals surface area contributed by atoms with E-state index < -0.39 is 5.97 Å². The third-order valence-corrected chi connectivity index (χ3v) is 1.80. The summed E-state index contributed by atoms with van der Waals surface area (Å²) in [6.07, 6.45) is -0.177. The van der Waals surface area contributed by atoms with Crippen molar-refractivity contribution in [3.05, 3.63) is 29.3 Å². The Morgan fingerprint density at radius 3 is 2.79 bits per heavy atom. The van der Waals surface area contributed by atoms with E-state index in [4.69, 9.17) is 9.84 Å². The van der Waals surface area contributed by atoms with Gasteiger partial charge in [0.25, 0.3) is 0 Å². The van der Waals surface area contributed by atoms with Crippen LogP contribution in [0.3, 0.4) is 0 Å². The van der Waals surface area contributed by atoms with E-state index in [1.807, 2.05) is 0 Å². The van der Waals surface area contributed by atoms with Crippen molar-refractivity contribution in [2.45, 2.75) is 13.0 Å². The van der Waals surface area contributed by atoms with Gasteiger partial charge in [-0.3, -0.25) is 4.79 Å². The fourth-order valence-corrected chi connectivity index (χ4v) is 1.20. The predicted octanol–water partition coefficient (Wildman–Crippen LogP) is 1.17. The van der Waals surface area contributed by atoms with E-state index in [0.717, 1.165) is 5.56 Å². The Morgan fingerprint density at radius 1 is 1.50 bits per heavy atom. The van der Waals surface area contributed by atoms with Crippen LogP contribution >= 0.6 is 0 Å². The largest absolute Gasteiger partial charge is 0.508 e. The van der Waals surface area contributed by atoms with E-state index in [-0.39, 0.29) is 12.2 Å². The second kappa shape index (κ2) is 4.62. The van der Waals surface area contributed by atoms with Crippen molar-refractivity contribution in [2.24, 2.45) is 0 Å². The van der Waals surface area contributed by atoms with E-state index in [1.165, 1.54) is 6.07 Å². The molecule has 0 unspecified atom stereocenters. The highest BCUT2D eigenvalue weighted by molar-refractivity contribution is 5.71. The van der Waals surface area contributed by atoms with Crippen LogP contribution in [0, 0.1) is 0 Å². The van der Waals surface area contributed by atoms with Crippen LogP contribution in [0.5, 0.6) is 5.75 Å². The van der Waals surface area contributed by atoms with Gasteiger partial charge in [0.2, 0.25) is 0 Å². The third-order valence-electron chi connectivity index (χ3n) is 1.80. The number of aliphatic carboxylic acids is 1. The van der Waals surface area contributed by atoms with Crippen molar-refractivity contribution in [3.8, 4) is 5.75 Å². The average Bonchev–Trinajstić information content (AvgIpc) is 2.10. The average molecular weight is 196 g/mol. The zero-order chi connectivity index (χ0) is 10.6. The van der Waals surface area contributed by atoms with Gasteiger partial charge in [0.1, 0.15) is 5.75 Å². The summed E-state index contributed by atoms with van der Waals surface area (Å²) >= 11 is 0. The first-order valence-electron chi connectivity index (χ1n) is 4.15. The van der Waals surface area contributed by atoms with Crippen molar-refractivity contribution in [3.63, 3.8) is 0 Å². The summed E-state index contributed by atoms with van der Waals surface area (Å²) in [6, 6.07) is 4.81. The molecule has 4 heteroatoms. The van der Waals surface area contributed by atoms with E-state index in [1.54, 1.807) is 19.2 Å². The number of carboxylic acids is 1. The van der Waals surface area contributed by atoms with Crippen LogP contribution < -0.4 is 0 Å². The van der Waals surface area contributed by atoms with Gasteiger partial charge in [0, 0.05) is 12.7 Å². The van der Waals surface area contributed by atoms with E-state index in [9.17, 15) is 9.90 Å².